The van der Waals surface area contributed by atoms with Crippen molar-refractivity contribution in [1.82, 2.24) is 15.5 Å². The van der Waals surface area contributed by atoms with E-state index in [0.717, 1.165) is 0 Å². The SMILES string of the molecule is CC(NC(=O)C1COCCN1)C(=O)N(C)C. The van der Waals surface area contributed by atoms with E-state index in [2.05, 4.69) is 10.6 Å². The topological polar surface area (TPSA) is 70.7 Å². The van der Waals surface area contributed by atoms with Crippen molar-refractivity contribution in [1.29, 1.82) is 0 Å². The monoisotopic (exact) mass is 229 g/mol. The van der Waals surface area contributed by atoms with Crippen molar-refractivity contribution in [3.05, 3.63) is 0 Å². The van der Waals surface area contributed by atoms with Gasteiger partial charge in [-0.15, -0.1) is 0 Å². The summed E-state index contributed by atoms with van der Waals surface area (Å²) in [7, 11) is 3.32. The second-order valence-corrected chi connectivity index (χ2v) is 4.04. The number of hydrogen-bond acceptors (Lipinski definition) is 4. The van der Waals surface area contributed by atoms with Crippen molar-refractivity contribution in [2.45, 2.75) is 19.0 Å². The van der Waals surface area contributed by atoms with Gasteiger partial charge in [-0.3, -0.25) is 9.59 Å². The Labute approximate surface area is 95.3 Å². The van der Waals surface area contributed by atoms with Crippen molar-refractivity contribution in [3.63, 3.8) is 0 Å². The Morgan fingerprint density at radius 1 is 1.50 bits per heavy atom. The van der Waals surface area contributed by atoms with Gasteiger partial charge in [-0.1, -0.05) is 0 Å². The molecule has 16 heavy (non-hydrogen) atoms. The Balaban J connectivity index is 2.40. The number of nitrogens with one attached hydrogen (secondary N) is 2. The maximum absolute atomic E-state index is 11.7. The van der Waals surface area contributed by atoms with Gasteiger partial charge in [0.25, 0.3) is 0 Å². The van der Waals surface area contributed by atoms with Gasteiger partial charge in [0, 0.05) is 20.6 Å². The molecule has 1 fully saturated rings. The standard InChI is InChI=1S/C10H19N3O3/c1-7(10(15)13(2)3)12-9(14)8-6-16-5-4-11-8/h7-8,11H,4-6H2,1-3H3,(H,12,14). The molecule has 92 valence electrons. The van der Waals surface area contributed by atoms with Crippen LogP contribution in [0.1, 0.15) is 6.92 Å². The number of amides is 2. The molecule has 0 spiro atoms. The van der Waals surface area contributed by atoms with Gasteiger partial charge in [0.1, 0.15) is 12.1 Å². The summed E-state index contributed by atoms with van der Waals surface area (Å²) >= 11 is 0. The zero-order valence-electron chi connectivity index (χ0n) is 9.95. The van der Waals surface area contributed by atoms with Crippen molar-refractivity contribution in [2.75, 3.05) is 33.9 Å². The summed E-state index contributed by atoms with van der Waals surface area (Å²) in [5, 5.41) is 5.69. The van der Waals surface area contributed by atoms with E-state index in [4.69, 9.17) is 4.74 Å². The summed E-state index contributed by atoms with van der Waals surface area (Å²) in [6, 6.07) is -0.864. The third-order valence-electron chi connectivity index (χ3n) is 2.41. The van der Waals surface area contributed by atoms with Crippen LogP contribution in [0.25, 0.3) is 0 Å². The Morgan fingerprint density at radius 2 is 2.19 bits per heavy atom. The summed E-state index contributed by atoms with van der Waals surface area (Å²) in [6.07, 6.45) is 0. The minimum absolute atomic E-state index is 0.120. The van der Waals surface area contributed by atoms with Gasteiger partial charge in [0.05, 0.1) is 13.2 Å². The Morgan fingerprint density at radius 3 is 2.69 bits per heavy atom. The number of rotatable bonds is 3. The minimum atomic E-state index is -0.508. The van der Waals surface area contributed by atoms with Crippen LogP contribution in [0.3, 0.4) is 0 Å². The van der Waals surface area contributed by atoms with E-state index in [-0.39, 0.29) is 17.9 Å². The Bertz CT molecular complexity index is 262. The molecule has 1 heterocycles. The van der Waals surface area contributed by atoms with Gasteiger partial charge in [0.15, 0.2) is 0 Å². The van der Waals surface area contributed by atoms with Gasteiger partial charge in [0.2, 0.25) is 11.8 Å². The van der Waals surface area contributed by atoms with Crippen LogP contribution in [-0.4, -0.2) is 62.7 Å². The fraction of sp³-hybridized carbons (Fsp3) is 0.800. The molecule has 0 radical (unpaired) electrons. The highest BCUT2D eigenvalue weighted by atomic mass is 16.5. The zero-order chi connectivity index (χ0) is 12.1. The van der Waals surface area contributed by atoms with Crippen molar-refractivity contribution >= 4 is 11.8 Å². The smallest absolute Gasteiger partial charge is 0.244 e. The third kappa shape index (κ3) is 3.46. The fourth-order valence-electron chi connectivity index (χ4n) is 1.50. The van der Waals surface area contributed by atoms with E-state index in [1.54, 1.807) is 21.0 Å². The van der Waals surface area contributed by atoms with Crippen molar-refractivity contribution < 1.29 is 14.3 Å². The van der Waals surface area contributed by atoms with Crippen LogP contribution < -0.4 is 10.6 Å². The molecule has 1 aliphatic rings. The molecule has 0 aliphatic carbocycles. The lowest BCUT2D eigenvalue weighted by Crippen LogP contribution is -2.55. The molecule has 1 rings (SSSR count). The highest BCUT2D eigenvalue weighted by Crippen LogP contribution is 1.95. The predicted molar refractivity (Wildman–Crippen MR) is 58.9 cm³/mol. The zero-order valence-corrected chi connectivity index (χ0v) is 9.95. The fourth-order valence-corrected chi connectivity index (χ4v) is 1.50. The van der Waals surface area contributed by atoms with Gasteiger partial charge < -0.3 is 20.3 Å². The molecule has 0 bridgehead atoms. The molecule has 6 heteroatoms. The molecule has 0 saturated carbocycles. The first kappa shape index (κ1) is 12.9. The highest BCUT2D eigenvalue weighted by Gasteiger charge is 2.24. The molecule has 6 nitrogen and oxygen atoms in total. The number of likely N-dealkylation sites (N-methyl/N-ethyl adjacent to an activating group) is 1. The van der Waals surface area contributed by atoms with E-state index < -0.39 is 6.04 Å². The molecule has 1 saturated heterocycles. The minimum Gasteiger partial charge on any atom is -0.378 e. The lowest BCUT2D eigenvalue weighted by Gasteiger charge is -2.25. The van der Waals surface area contributed by atoms with E-state index >= 15 is 0 Å². The van der Waals surface area contributed by atoms with Crippen molar-refractivity contribution in [3.8, 4) is 0 Å². The van der Waals surface area contributed by atoms with Crippen molar-refractivity contribution in [2.24, 2.45) is 0 Å². The van der Waals surface area contributed by atoms with Crippen LogP contribution >= 0.6 is 0 Å². The summed E-state index contributed by atoms with van der Waals surface area (Å²) in [6.45, 7) is 3.31. The van der Waals surface area contributed by atoms with E-state index in [1.165, 1.54) is 4.90 Å². The number of carbonyl (C=O) groups is 2. The van der Waals surface area contributed by atoms with Crippen LogP contribution in [0.2, 0.25) is 0 Å². The van der Waals surface area contributed by atoms with E-state index in [0.29, 0.717) is 19.8 Å². The van der Waals surface area contributed by atoms with Gasteiger partial charge in [-0.2, -0.15) is 0 Å². The summed E-state index contributed by atoms with van der Waals surface area (Å²) in [5.74, 6) is -0.313. The number of carbonyl (C=O) groups excluding carboxylic acids is 2. The van der Waals surface area contributed by atoms with Crippen LogP contribution in [-0.2, 0) is 14.3 Å². The Kier molecular flexibility index (Phi) is 4.70. The van der Waals surface area contributed by atoms with Crippen LogP contribution in [0, 0.1) is 0 Å². The molecule has 0 aromatic rings. The molecule has 2 N–H and O–H groups in total. The predicted octanol–water partition coefficient (Wildman–Crippen LogP) is -1.43. The number of morpholine rings is 1. The molecule has 1 aliphatic heterocycles. The molecule has 2 amide bonds. The van der Waals surface area contributed by atoms with Crippen LogP contribution in [0.4, 0.5) is 0 Å². The lowest BCUT2D eigenvalue weighted by atomic mass is 10.2. The maximum atomic E-state index is 11.7. The van der Waals surface area contributed by atoms with E-state index in [9.17, 15) is 9.59 Å². The van der Waals surface area contributed by atoms with Crippen LogP contribution in [0.5, 0.6) is 0 Å². The number of ether oxygens (including phenoxy) is 1. The molecule has 2 unspecified atom stereocenters. The largest absolute Gasteiger partial charge is 0.378 e. The van der Waals surface area contributed by atoms with E-state index in [1.807, 2.05) is 0 Å². The molecular formula is C10H19N3O3. The van der Waals surface area contributed by atoms with Gasteiger partial charge in [-0.25, -0.2) is 0 Å². The van der Waals surface area contributed by atoms with Gasteiger partial charge >= 0.3 is 0 Å². The lowest BCUT2D eigenvalue weighted by molar-refractivity contribution is -0.135. The van der Waals surface area contributed by atoms with Gasteiger partial charge in [-0.05, 0) is 6.92 Å². The summed E-state index contributed by atoms with van der Waals surface area (Å²) in [5.41, 5.74) is 0. The first-order valence-electron chi connectivity index (χ1n) is 5.35. The quantitative estimate of drug-likeness (QED) is 0.622. The third-order valence-corrected chi connectivity index (χ3v) is 2.41. The maximum Gasteiger partial charge on any atom is 0.244 e. The Hall–Kier alpha value is -1.14. The number of hydrogen-bond donors (Lipinski definition) is 2. The first-order chi connectivity index (χ1) is 7.52. The molecule has 0 aromatic carbocycles. The molecule has 0 aromatic heterocycles. The van der Waals surface area contributed by atoms with Crippen LogP contribution in [0.15, 0.2) is 0 Å². The summed E-state index contributed by atoms with van der Waals surface area (Å²) in [4.78, 5) is 24.7. The second kappa shape index (κ2) is 5.81. The summed E-state index contributed by atoms with van der Waals surface area (Å²) < 4.78 is 5.17. The average Bonchev–Trinajstić information content (AvgIpc) is 2.28. The average molecular weight is 229 g/mol. The number of nitrogens with zero attached hydrogens (tertiary/aromatic N) is 1. The molecular weight excluding hydrogens is 210 g/mol. The highest BCUT2D eigenvalue weighted by molar-refractivity contribution is 5.89. The normalized spacial score (nSPS) is 22.3. The second-order valence-electron chi connectivity index (χ2n) is 4.04. The molecule has 2 atom stereocenters. The first-order valence-corrected chi connectivity index (χ1v) is 5.35.